The third kappa shape index (κ3) is 3.14. The smallest absolute Gasteiger partial charge is 0.290 e. The minimum absolute atomic E-state index is 0.0463. The Morgan fingerprint density at radius 1 is 1.23 bits per heavy atom. The molecule has 1 aromatic heterocycles. The van der Waals surface area contributed by atoms with Crippen molar-refractivity contribution in [3.8, 4) is 11.5 Å². The molecule has 0 saturated carbocycles. The molecule has 1 aliphatic heterocycles. The number of methoxy groups -OCH3 is 2. The summed E-state index contributed by atoms with van der Waals surface area (Å²) in [5.74, 6) is -1.09. The van der Waals surface area contributed by atoms with E-state index in [0.717, 1.165) is 6.07 Å². The van der Waals surface area contributed by atoms with Crippen LogP contribution in [0.1, 0.15) is 27.7 Å². The first-order valence-corrected chi connectivity index (χ1v) is 9.79. The van der Waals surface area contributed by atoms with Gasteiger partial charge < -0.3 is 23.9 Å². The molecule has 0 radical (unpaired) electrons. The van der Waals surface area contributed by atoms with Gasteiger partial charge in [-0.3, -0.25) is 9.59 Å². The highest BCUT2D eigenvalue weighted by Gasteiger charge is 2.43. The summed E-state index contributed by atoms with van der Waals surface area (Å²) in [6.45, 7) is 0.421. The molecular weight excluding hydrogens is 461 g/mol. The average molecular weight is 478 g/mol. The predicted molar refractivity (Wildman–Crippen MR) is 110 cm³/mol. The Morgan fingerprint density at radius 2 is 2.00 bits per heavy atom. The standard InChI is InChI=1S/C21H17BrFNO6/c1-28-6-5-24-17(10-7-13(22)19(26)15(8-10)29-2)16-18(25)12-9-11(23)3-4-14(12)30-20(16)21(24)27/h3-4,7-9,17,26H,5-6H2,1-2H3/t17-/m1/s1. The highest BCUT2D eigenvalue weighted by Crippen LogP contribution is 2.43. The second-order valence-corrected chi connectivity index (χ2v) is 7.62. The van der Waals surface area contributed by atoms with Crippen LogP contribution in [0, 0.1) is 5.82 Å². The molecule has 1 amide bonds. The van der Waals surface area contributed by atoms with E-state index < -0.39 is 23.2 Å². The van der Waals surface area contributed by atoms with Gasteiger partial charge in [0.1, 0.15) is 11.4 Å². The van der Waals surface area contributed by atoms with Crippen LogP contribution in [0.15, 0.2) is 44.0 Å². The topological polar surface area (TPSA) is 89.2 Å². The minimum Gasteiger partial charge on any atom is -0.503 e. The molecule has 0 spiro atoms. The van der Waals surface area contributed by atoms with Crippen LogP contribution in [0.3, 0.4) is 0 Å². The van der Waals surface area contributed by atoms with Crippen molar-refractivity contribution in [2.45, 2.75) is 6.04 Å². The molecule has 30 heavy (non-hydrogen) atoms. The number of ether oxygens (including phenoxy) is 2. The molecular formula is C21H17BrFNO6. The van der Waals surface area contributed by atoms with E-state index in [0.29, 0.717) is 10.0 Å². The monoisotopic (exact) mass is 477 g/mol. The fourth-order valence-electron chi connectivity index (χ4n) is 3.67. The average Bonchev–Trinajstić information content (AvgIpc) is 3.01. The number of nitrogens with zero attached hydrogens (tertiary/aromatic N) is 1. The van der Waals surface area contributed by atoms with E-state index >= 15 is 0 Å². The van der Waals surface area contributed by atoms with Gasteiger partial charge in [0.25, 0.3) is 5.91 Å². The number of hydrogen-bond donors (Lipinski definition) is 1. The summed E-state index contributed by atoms with van der Waals surface area (Å²) in [4.78, 5) is 27.9. The Labute approximate surface area is 178 Å². The number of fused-ring (bicyclic) bond motifs is 2. The first-order valence-electron chi connectivity index (χ1n) is 9.00. The van der Waals surface area contributed by atoms with Gasteiger partial charge in [-0.1, -0.05) is 0 Å². The van der Waals surface area contributed by atoms with Gasteiger partial charge in [0.2, 0.25) is 5.76 Å². The molecule has 0 unspecified atom stereocenters. The lowest BCUT2D eigenvalue weighted by Crippen LogP contribution is -2.32. The number of phenols is 1. The van der Waals surface area contributed by atoms with Crippen molar-refractivity contribution in [3.05, 3.63) is 67.7 Å². The molecule has 4 rings (SSSR count). The molecule has 3 aromatic rings. The maximum atomic E-state index is 13.8. The zero-order valence-corrected chi connectivity index (χ0v) is 17.7. The van der Waals surface area contributed by atoms with E-state index in [1.165, 1.54) is 31.3 Å². The number of carbonyl (C=O) groups is 1. The quantitative estimate of drug-likeness (QED) is 0.603. The van der Waals surface area contributed by atoms with E-state index in [-0.39, 0.29) is 46.9 Å². The molecule has 1 atom stereocenters. The van der Waals surface area contributed by atoms with Gasteiger partial charge in [-0.15, -0.1) is 0 Å². The highest BCUT2D eigenvalue weighted by molar-refractivity contribution is 9.10. The minimum atomic E-state index is -0.822. The Morgan fingerprint density at radius 3 is 2.70 bits per heavy atom. The zero-order chi connectivity index (χ0) is 21.6. The van der Waals surface area contributed by atoms with E-state index in [9.17, 15) is 19.1 Å². The summed E-state index contributed by atoms with van der Waals surface area (Å²) in [6.07, 6.45) is 0. The Kier molecular flexibility index (Phi) is 5.25. The molecule has 2 heterocycles. The second kappa shape index (κ2) is 7.73. The van der Waals surface area contributed by atoms with Gasteiger partial charge in [0.05, 0.1) is 35.2 Å². The lowest BCUT2D eigenvalue weighted by Gasteiger charge is -2.25. The zero-order valence-electron chi connectivity index (χ0n) is 16.1. The number of benzene rings is 2. The van der Waals surface area contributed by atoms with Crippen LogP contribution in [0.5, 0.6) is 11.5 Å². The van der Waals surface area contributed by atoms with Crippen molar-refractivity contribution in [1.82, 2.24) is 4.90 Å². The van der Waals surface area contributed by atoms with Gasteiger partial charge in [0, 0.05) is 13.7 Å². The van der Waals surface area contributed by atoms with Gasteiger partial charge >= 0.3 is 0 Å². The maximum absolute atomic E-state index is 13.8. The van der Waals surface area contributed by atoms with Gasteiger partial charge in [-0.05, 0) is 51.8 Å². The summed E-state index contributed by atoms with van der Waals surface area (Å²) in [5.41, 5.74) is 0.258. The number of aromatic hydroxyl groups is 1. The van der Waals surface area contributed by atoms with E-state index in [2.05, 4.69) is 15.9 Å². The largest absolute Gasteiger partial charge is 0.503 e. The molecule has 1 aliphatic rings. The number of amides is 1. The predicted octanol–water partition coefficient (Wildman–Crippen LogP) is 3.60. The summed E-state index contributed by atoms with van der Waals surface area (Å²) in [5, 5.41) is 10.2. The van der Waals surface area contributed by atoms with Crippen LogP contribution >= 0.6 is 15.9 Å². The fraction of sp³-hybridized carbons (Fsp3) is 0.238. The summed E-state index contributed by atoms with van der Waals surface area (Å²) >= 11 is 3.27. The Hall–Kier alpha value is -2.91. The second-order valence-electron chi connectivity index (χ2n) is 6.76. The Balaban J connectivity index is 2.00. The van der Waals surface area contributed by atoms with Crippen molar-refractivity contribution in [2.75, 3.05) is 27.4 Å². The molecule has 2 aromatic carbocycles. The number of halogens is 2. The van der Waals surface area contributed by atoms with Crippen molar-refractivity contribution >= 4 is 32.8 Å². The molecule has 0 saturated heterocycles. The summed E-state index contributed by atoms with van der Waals surface area (Å²) in [7, 11) is 2.90. The number of hydrogen-bond acceptors (Lipinski definition) is 6. The maximum Gasteiger partial charge on any atom is 0.290 e. The van der Waals surface area contributed by atoms with E-state index in [1.54, 1.807) is 12.1 Å². The lowest BCUT2D eigenvalue weighted by molar-refractivity contribution is 0.0663. The number of rotatable bonds is 5. The molecule has 156 valence electrons. The van der Waals surface area contributed by atoms with Crippen LogP contribution in [-0.4, -0.2) is 43.3 Å². The van der Waals surface area contributed by atoms with E-state index in [1.807, 2.05) is 0 Å². The molecule has 0 aliphatic carbocycles. The Bertz CT molecular complexity index is 1220. The molecule has 7 nitrogen and oxygen atoms in total. The summed E-state index contributed by atoms with van der Waals surface area (Å²) < 4.78 is 30.2. The van der Waals surface area contributed by atoms with Crippen molar-refractivity contribution < 1.29 is 28.2 Å². The third-order valence-corrected chi connectivity index (χ3v) is 5.65. The van der Waals surface area contributed by atoms with Crippen LogP contribution in [0.2, 0.25) is 0 Å². The number of carbonyl (C=O) groups excluding carboxylic acids is 1. The van der Waals surface area contributed by atoms with Crippen LogP contribution < -0.4 is 10.2 Å². The fourth-order valence-corrected chi connectivity index (χ4v) is 4.13. The van der Waals surface area contributed by atoms with Gasteiger partial charge in [0.15, 0.2) is 16.9 Å². The van der Waals surface area contributed by atoms with Crippen molar-refractivity contribution in [2.24, 2.45) is 0 Å². The molecule has 9 heteroatoms. The van der Waals surface area contributed by atoms with Crippen molar-refractivity contribution in [3.63, 3.8) is 0 Å². The molecule has 0 bridgehead atoms. The first kappa shape index (κ1) is 20.4. The molecule has 1 N–H and O–H groups in total. The van der Waals surface area contributed by atoms with E-state index in [4.69, 9.17) is 13.9 Å². The SMILES string of the molecule is COCCN1C(=O)c2oc3ccc(F)cc3c(=O)c2[C@H]1c1cc(Br)c(O)c(OC)c1. The summed E-state index contributed by atoms with van der Waals surface area (Å²) in [6, 6.07) is 5.90. The van der Waals surface area contributed by atoms with Crippen LogP contribution in [0.4, 0.5) is 4.39 Å². The lowest BCUT2D eigenvalue weighted by atomic mass is 9.98. The van der Waals surface area contributed by atoms with Crippen LogP contribution in [-0.2, 0) is 4.74 Å². The number of phenolic OH excluding ortho intramolecular Hbond substituents is 1. The third-order valence-electron chi connectivity index (χ3n) is 5.05. The van der Waals surface area contributed by atoms with Crippen LogP contribution in [0.25, 0.3) is 11.0 Å². The van der Waals surface area contributed by atoms with Gasteiger partial charge in [-0.25, -0.2) is 4.39 Å². The van der Waals surface area contributed by atoms with Gasteiger partial charge in [-0.2, -0.15) is 0 Å². The molecule has 0 fully saturated rings. The first-order chi connectivity index (χ1) is 14.4. The highest BCUT2D eigenvalue weighted by atomic mass is 79.9. The normalized spacial score (nSPS) is 15.7. The van der Waals surface area contributed by atoms with Crippen molar-refractivity contribution in [1.29, 1.82) is 0 Å².